The molecule has 0 spiro atoms. The SMILES string of the molecule is C=C1[C@H](C)C[C@@H](C[Si](C)(C)C)[C@@]1(C)C(C)=O. The van der Waals surface area contributed by atoms with E-state index in [1.165, 1.54) is 11.6 Å². The summed E-state index contributed by atoms with van der Waals surface area (Å²) in [5, 5.41) is 0. The smallest absolute Gasteiger partial charge is 0.139 e. The number of Topliss-reactive ketones (excluding diaryl/α,β-unsaturated/α-hetero) is 1. The summed E-state index contributed by atoms with van der Waals surface area (Å²) in [6.45, 7) is 17.4. The average molecular weight is 238 g/mol. The first kappa shape index (κ1) is 13.7. The van der Waals surface area contributed by atoms with Crippen molar-refractivity contribution in [3.63, 3.8) is 0 Å². The number of carbonyl (C=O) groups excluding carboxylic acids is 1. The zero-order chi connectivity index (χ0) is 12.7. The first-order valence-electron chi connectivity index (χ1n) is 6.29. The lowest BCUT2D eigenvalue weighted by atomic mass is 9.74. The fourth-order valence-electron chi connectivity index (χ4n) is 3.12. The third kappa shape index (κ3) is 2.32. The molecule has 2 heteroatoms. The molecule has 0 amide bonds. The largest absolute Gasteiger partial charge is 0.299 e. The highest BCUT2D eigenvalue weighted by molar-refractivity contribution is 6.76. The molecule has 0 heterocycles. The van der Waals surface area contributed by atoms with Crippen LogP contribution >= 0.6 is 0 Å². The third-order valence-electron chi connectivity index (χ3n) is 4.31. The Hall–Kier alpha value is -0.373. The molecule has 0 aromatic rings. The third-order valence-corrected chi connectivity index (χ3v) is 6.02. The van der Waals surface area contributed by atoms with Crippen molar-refractivity contribution in [3.05, 3.63) is 12.2 Å². The molecule has 0 aromatic carbocycles. The van der Waals surface area contributed by atoms with Gasteiger partial charge < -0.3 is 0 Å². The summed E-state index contributed by atoms with van der Waals surface area (Å²) in [4.78, 5) is 12.0. The van der Waals surface area contributed by atoms with Crippen LogP contribution < -0.4 is 0 Å². The number of carbonyl (C=O) groups is 1. The molecule has 3 atom stereocenters. The van der Waals surface area contributed by atoms with Crippen LogP contribution in [0.4, 0.5) is 0 Å². The van der Waals surface area contributed by atoms with E-state index in [1.54, 1.807) is 6.92 Å². The number of rotatable bonds is 3. The molecule has 0 unspecified atom stereocenters. The molecule has 1 fully saturated rings. The number of ketones is 1. The van der Waals surface area contributed by atoms with E-state index in [9.17, 15) is 4.79 Å². The van der Waals surface area contributed by atoms with Crippen molar-refractivity contribution in [2.75, 3.05) is 0 Å². The first-order valence-corrected chi connectivity index (χ1v) is 10.00. The molecule has 92 valence electrons. The van der Waals surface area contributed by atoms with Gasteiger partial charge in [0, 0.05) is 13.5 Å². The maximum absolute atomic E-state index is 12.0. The second-order valence-corrected chi connectivity index (χ2v) is 12.4. The normalized spacial score (nSPS) is 35.5. The lowest BCUT2D eigenvalue weighted by Crippen LogP contribution is -2.36. The highest BCUT2D eigenvalue weighted by atomic mass is 28.3. The minimum absolute atomic E-state index is 0.250. The molecular weight excluding hydrogens is 212 g/mol. The van der Waals surface area contributed by atoms with Crippen LogP contribution in [0.25, 0.3) is 0 Å². The maximum atomic E-state index is 12.0. The van der Waals surface area contributed by atoms with Crippen LogP contribution in [-0.2, 0) is 4.79 Å². The quantitative estimate of drug-likeness (QED) is 0.533. The van der Waals surface area contributed by atoms with E-state index in [-0.39, 0.29) is 5.41 Å². The molecule has 16 heavy (non-hydrogen) atoms. The van der Waals surface area contributed by atoms with Crippen molar-refractivity contribution in [1.82, 2.24) is 0 Å². The van der Waals surface area contributed by atoms with E-state index in [4.69, 9.17) is 0 Å². The summed E-state index contributed by atoms with van der Waals surface area (Å²) in [6.07, 6.45) is 1.15. The van der Waals surface area contributed by atoms with Crippen LogP contribution in [0.5, 0.6) is 0 Å². The molecule has 1 rings (SSSR count). The van der Waals surface area contributed by atoms with E-state index in [2.05, 4.69) is 40.1 Å². The standard InChI is InChI=1S/C14H26OSi/c1-10-8-13(9-16(5,6)7)14(4,11(10)2)12(3)15/h10,13H,2,8-9H2,1,3-7H3/t10-,13+,14-/m1/s1. The second-order valence-electron chi connectivity index (χ2n) is 6.88. The second kappa shape index (κ2) is 4.14. The molecule has 1 aliphatic rings. The Balaban J connectivity index is 3.01. The summed E-state index contributed by atoms with van der Waals surface area (Å²) in [7, 11) is -1.11. The van der Waals surface area contributed by atoms with Gasteiger partial charge in [-0.25, -0.2) is 0 Å². The Morgan fingerprint density at radius 1 is 1.50 bits per heavy atom. The molecule has 0 radical (unpaired) electrons. The number of hydrogen-bond donors (Lipinski definition) is 0. The van der Waals surface area contributed by atoms with Gasteiger partial charge in [-0.05, 0) is 32.1 Å². The summed E-state index contributed by atoms with van der Waals surface area (Å²) in [5.74, 6) is 1.35. The molecule has 1 saturated carbocycles. The fraction of sp³-hybridized carbons (Fsp3) is 0.786. The summed E-state index contributed by atoms with van der Waals surface area (Å²) >= 11 is 0. The molecule has 1 nitrogen and oxygen atoms in total. The van der Waals surface area contributed by atoms with E-state index in [1.807, 2.05) is 0 Å². The Morgan fingerprint density at radius 3 is 2.38 bits per heavy atom. The van der Waals surface area contributed by atoms with Crippen molar-refractivity contribution >= 4 is 13.9 Å². The van der Waals surface area contributed by atoms with Gasteiger partial charge in [-0.1, -0.05) is 44.8 Å². The van der Waals surface area contributed by atoms with E-state index in [0.29, 0.717) is 17.6 Å². The van der Waals surface area contributed by atoms with Crippen LogP contribution in [0.2, 0.25) is 25.7 Å². The Labute approximate surface area is 101 Å². The zero-order valence-corrected chi connectivity index (χ0v) is 12.7. The van der Waals surface area contributed by atoms with Gasteiger partial charge in [-0.2, -0.15) is 0 Å². The van der Waals surface area contributed by atoms with Crippen molar-refractivity contribution < 1.29 is 4.79 Å². The van der Waals surface area contributed by atoms with Crippen LogP contribution in [0.1, 0.15) is 27.2 Å². The van der Waals surface area contributed by atoms with Gasteiger partial charge in [0.25, 0.3) is 0 Å². The molecule has 0 aliphatic heterocycles. The Kier molecular flexibility index (Phi) is 3.54. The summed E-state index contributed by atoms with van der Waals surface area (Å²) in [5.41, 5.74) is 0.919. The van der Waals surface area contributed by atoms with Gasteiger partial charge in [0.2, 0.25) is 0 Å². The average Bonchev–Trinajstić information content (AvgIpc) is 2.29. The molecular formula is C14H26OSi. The van der Waals surface area contributed by atoms with Gasteiger partial charge >= 0.3 is 0 Å². The van der Waals surface area contributed by atoms with Crippen molar-refractivity contribution in [3.8, 4) is 0 Å². The van der Waals surface area contributed by atoms with Crippen LogP contribution in [0, 0.1) is 17.3 Å². The minimum Gasteiger partial charge on any atom is -0.299 e. The summed E-state index contributed by atoms with van der Waals surface area (Å²) in [6, 6.07) is 1.24. The Morgan fingerprint density at radius 2 is 2.00 bits per heavy atom. The van der Waals surface area contributed by atoms with Gasteiger partial charge in [0.05, 0.1) is 0 Å². The number of allylic oxidation sites excluding steroid dienone is 1. The molecule has 0 N–H and O–H groups in total. The van der Waals surface area contributed by atoms with Gasteiger partial charge in [-0.3, -0.25) is 4.79 Å². The summed E-state index contributed by atoms with van der Waals surface area (Å²) < 4.78 is 0. The molecule has 1 aliphatic carbocycles. The van der Waals surface area contributed by atoms with Crippen LogP contribution in [0.3, 0.4) is 0 Å². The zero-order valence-electron chi connectivity index (χ0n) is 11.7. The molecule has 0 saturated heterocycles. The van der Waals surface area contributed by atoms with Crippen LogP contribution in [0.15, 0.2) is 12.2 Å². The highest BCUT2D eigenvalue weighted by Crippen LogP contribution is 2.53. The van der Waals surface area contributed by atoms with Gasteiger partial charge in [0.15, 0.2) is 0 Å². The van der Waals surface area contributed by atoms with Crippen molar-refractivity contribution in [2.45, 2.75) is 52.9 Å². The lowest BCUT2D eigenvalue weighted by molar-refractivity contribution is -0.125. The maximum Gasteiger partial charge on any atom is 0.139 e. The predicted molar refractivity (Wildman–Crippen MR) is 73.4 cm³/mol. The molecule has 0 aromatic heterocycles. The highest BCUT2D eigenvalue weighted by Gasteiger charge is 2.49. The minimum atomic E-state index is -1.11. The lowest BCUT2D eigenvalue weighted by Gasteiger charge is -2.33. The van der Waals surface area contributed by atoms with Crippen molar-refractivity contribution in [2.24, 2.45) is 17.3 Å². The Bertz CT molecular complexity index is 313. The van der Waals surface area contributed by atoms with E-state index < -0.39 is 8.07 Å². The monoisotopic (exact) mass is 238 g/mol. The van der Waals surface area contributed by atoms with Crippen LogP contribution in [-0.4, -0.2) is 13.9 Å². The van der Waals surface area contributed by atoms with Gasteiger partial charge in [0.1, 0.15) is 5.78 Å². The fourth-order valence-corrected chi connectivity index (χ4v) is 5.17. The number of hydrogen-bond acceptors (Lipinski definition) is 1. The van der Waals surface area contributed by atoms with E-state index >= 15 is 0 Å². The van der Waals surface area contributed by atoms with Gasteiger partial charge in [-0.15, -0.1) is 0 Å². The molecule has 0 bridgehead atoms. The first-order chi connectivity index (χ1) is 7.09. The van der Waals surface area contributed by atoms with Crippen molar-refractivity contribution in [1.29, 1.82) is 0 Å². The topological polar surface area (TPSA) is 17.1 Å². The predicted octanol–water partition coefficient (Wildman–Crippen LogP) is 4.13. The van der Waals surface area contributed by atoms with E-state index in [0.717, 1.165) is 6.42 Å².